The van der Waals surface area contributed by atoms with Gasteiger partial charge < -0.3 is 15.2 Å². The molecule has 0 aliphatic heterocycles. The zero-order valence-electron chi connectivity index (χ0n) is 10.9. The molecule has 3 atom stereocenters. The summed E-state index contributed by atoms with van der Waals surface area (Å²) in [6.45, 7) is 8.37. The van der Waals surface area contributed by atoms with Crippen molar-refractivity contribution in [1.29, 1.82) is 0 Å². The molecular weight excluding hydrogens is 202 g/mol. The maximum atomic E-state index is 9.66. The summed E-state index contributed by atoms with van der Waals surface area (Å²) in [7, 11) is 0. The van der Waals surface area contributed by atoms with Gasteiger partial charge in [0.05, 0.1) is 12.7 Å². The molecule has 1 aliphatic carbocycles. The summed E-state index contributed by atoms with van der Waals surface area (Å²) in [6, 6.07) is 0.579. The lowest BCUT2D eigenvalue weighted by Crippen LogP contribution is -2.41. The van der Waals surface area contributed by atoms with E-state index < -0.39 is 0 Å². The summed E-state index contributed by atoms with van der Waals surface area (Å²) in [4.78, 5) is 0. The van der Waals surface area contributed by atoms with E-state index in [-0.39, 0.29) is 6.10 Å². The van der Waals surface area contributed by atoms with Crippen molar-refractivity contribution in [3.8, 4) is 0 Å². The smallest absolute Gasteiger partial charge is 0.0897 e. The molecule has 16 heavy (non-hydrogen) atoms. The maximum Gasteiger partial charge on any atom is 0.0897 e. The summed E-state index contributed by atoms with van der Waals surface area (Å²) in [5.41, 5.74) is 0. The zero-order chi connectivity index (χ0) is 12.0. The van der Waals surface area contributed by atoms with E-state index in [1.54, 1.807) is 0 Å². The molecule has 0 amide bonds. The van der Waals surface area contributed by atoms with Gasteiger partial charge in [-0.15, -0.1) is 0 Å². The van der Waals surface area contributed by atoms with Crippen LogP contribution in [0.2, 0.25) is 0 Å². The third-order valence-electron chi connectivity index (χ3n) is 3.34. The molecule has 3 heteroatoms. The Labute approximate surface area is 99.6 Å². The Morgan fingerprint density at radius 2 is 1.88 bits per heavy atom. The summed E-state index contributed by atoms with van der Waals surface area (Å²) >= 11 is 0. The number of rotatable bonds is 6. The highest BCUT2D eigenvalue weighted by Gasteiger charge is 2.23. The predicted octanol–water partition coefficient (Wildman–Crippen LogP) is 1.80. The maximum absolute atomic E-state index is 9.66. The van der Waals surface area contributed by atoms with E-state index in [0.29, 0.717) is 25.8 Å². The average Bonchev–Trinajstić information content (AvgIpc) is 2.22. The monoisotopic (exact) mass is 229 g/mol. The van der Waals surface area contributed by atoms with Crippen molar-refractivity contribution in [1.82, 2.24) is 5.32 Å². The summed E-state index contributed by atoms with van der Waals surface area (Å²) in [5.74, 6) is 1.62. The molecule has 0 aromatic carbocycles. The fraction of sp³-hybridized carbons (Fsp3) is 1.00. The van der Waals surface area contributed by atoms with E-state index in [0.717, 1.165) is 11.8 Å². The highest BCUT2D eigenvalue weighted by Crippen LogP contribution is 2.28. The number of hydrogen-bond donors (Lipinski definition) is 2. The number of aliphatic hydroxyl groups is 1. The molecule has 0 bridgehead atoms. The number of ether oxygens (including phenoxy) is 1. The van der Waals surface area contributed by atoms with Gasteiger partial charge in [0.2, 0.25) is 0 Å². The van der Waals surface area contributed by atoms with Crippen LogP contribution < -0.4 is 5.32 Å². The molecule has 0 aromatic heterocycles. The van der Waals surface area contributed by atoms with Gasteiger partial charge in [0, 0.05) is 19.2 Å². The highest BCUT2D eigenvalue weighted by atomic mass is 16.5. The van der Waals surface area contributed by atoms with E-state index >= 15 is 0 Å². The molecule has 2 N–H and O–H groups in total. The third-order valence-corrected chi connectivity index (χ3v) is 3.34. The highest BCUT2D eigenvalue weighted by molar-refractivity contribution is 4.80. The molecule has 3 unspecified atom stereocenters. The molecule has 1 aliphatic rings. The summed E-state index contributed by atoms with van der Waals surface area (Å²) in [6.07, 6.45) is 3.46. The van der Waals surface area contributed by atoms with Crippen molar-refractivity contribution >= 4 is 0 Å². The van der Waals surface area contributed by atoms with Gasteiger partial charge in [-0.1, -0.05) is 13.8 Å². The first-order valence-corrected chi connectivity index (χ1v) is 6.61. The van der Waals surface area contributed by atoms with Gasteiger partial charge >= 0.3 is 0 Å². The normalized spacial score (nSPS) is 32.6. The van der Waals surface area contributed by atoms with Crippen LogP contribution in [0.25, 0.3) is 0 Å². The number of hydrogen-bond acceptors (Lipinski definition) is 3. The molecule has 3 nitrogen and oxygen atoms in total. The lowest BCUT2D eigenvalue weighted by Gasteiger charge is -2.32. The molecule has 0 aromatic rings. The third kappa shape index (κ3) is 5.28. The van der Waals surface area contributed by atoms with Crippen LogP contribution in [0.15, 0.2) is 0 Å². The van der Waals surface area contributed by atoms with Crippen LogP contribution in [-0.4, -0.2) is 37.0 Å². The minimum absolute atomic E-state index is 0.368. The quantitative estimate of drug-likeness (QED) is 0.730. The van der Waals surface area contributed by atoms with Crippen LogP contribution in [0.1, 0.15) is 40.0 Å². The van der Waals surface area contributed by atoms with Crippen LogP contribution in [0.4, 0.5) is 0 Å². The first-order chi connectivity index (χ1) is 7.61. The van der Waals surface area contributed by atoms with Gasteiger partial charge in [-0.2, -0.15) is 0 Å². The van der Waals surface area contributed by atoms with Crippen molar-refractivity contribution in [3.63, 3.8) is 0 Å². The van der Waals surface area contributed by atoms with Gasteiger partial charge in [-0.3, -0.25) is 0 Å². The fourth-order valence-corrected chi connectivity index (χ4v) is 2.73. The summed E-state index contributed by atoms with van der Waals surface area (Å²) < 4.78 is 5.19. The topological polar surface area (TPSA) is 41.5 Å². The van der Waals surface area contributed by atoms with Crippen molar-refractivity contribution in [3.05, 3.63) is 0 Å². The van der Waals surface area contributed by atoms with Crippen LogP contribution >= 0.6 is 0 Å². The molecular formula is C13H27NO2. The minimum Gasteiger partial charge on any atom is -0.389 e. The van der Waals surface area contributed by atoms with Crippen molar-refractivity contribution in [2.45, 2.75) is 52.2 Å². The Hall–Kier alpha value is -0.120. The molecule has 1 fully saturated rings. The molecule has 0 heterocycles. The Kier molecular flexibility index (Phi) is 6.32. The second-order valence-corrected chi connectivity index (χ2v) is 5.34. The molecule has 1 saturated carbocycles. The van der Waals surface area contributed by atoms with Gasteiger partial charge in [0.1, 0.15) is 0 Å². The van der Waals surface area contributed by atoms with Crippen molar-refractivity contribution in [2.75, 3.05) is 19.8 Å². The minimum atomic E-state index is -0.368. The predicted molar refractivity (Wildman–Crippen MR) is 66.5 cm³/mol. The van der Waals surface area contributed by atoms with E-state index in [9.17, 15) is 5.11 Å². The standard InChI is InChI=1S/C13H27NO2/c1-4-16-9-13(15)8-14-12-6-10(2)5-11(3)7-12/h10-15H,4-9H2,1-3H3. The van der Waals surface area contributed by atoms with Gasteiger partial charge in [-0.25, -0.2) is 0 Å². The Balaban J connectivity index is 2.16. The van der Waals surface area contributed by atoms with E-state index in [1.807, 2.05) is 6.92 Å². The molecule has 96 valence electrons. The number of aliphatic hydroxyl groups excluding tert-OH is 1. The zero-order valence-corrected chi connectivity index (χ0v) is 10.9. The SMILES string of the molecule is CCOCC(O)CNC1CC(C)CC(C)C1. The second kappa shape index (κ2) is 7.25. The molecule has 0 spiro atoms. The van der Waals surface area contributed by atoms with Crippen LogP contribution in [-0.2, 0) is 4.74 Å². The Morgan fingerprint density at radius 1 is 1.25 bits per heavy atom. The largest absolute Gasteiger partial charge is 0.389 e. The fourth-order valence-electron chi connectivity index (χ4n) is 2.73. The van der Waals surface area contributed by atoms with Gasteiger partial charge in [0.15, 0.2) is 0 Å². The molecule has 1 rings (SSSR count). The Morgan fingerprint density at radius 3 is 2.44 bits per heavy atom. The Bertz CT molecular complexity index is 177. The van der Waals surface area contributed by atoms with E-state index in [1.165, 1.54) is 19.3 Å². The number of nitrogens with one attached hydrogen (secondary N) is 1. The van der Waals surface area contributed by atoms with Gasteiger partial charge in [-0.05, 0) is 38.0 Å². The van der Waals surface area contributed by atoms with Gasteiger partial charge in [0.25, 0.3) is 0 Å². The second-order valence-electron chi connectivity index (χ2n) is 5.34. The van der Waals surface area contributed by atoms with Crippen molar-refractivity contribution in [2.24, 2.45) is 11.8 Å². The lowest BCUT2D eigenvalue weighted by molar-refractivity contribution is 0.0395. The van der Waals surface area contributed by atoms with Crippen LogP contribution in [0.5, 0.6) is 0 Å². The summed E-state index contributed by atoms with van der Waals surface area (Å²) in [5, 5.41) is 13.1. The van der Waals surface area contributed by atoms with Crippen molar-refractivity contribution < 1.29 is 9.84 Å². The molecule has 0 radical (unpaired) electrons. The van der Waals surface area contributed by atoms with Crippen LogP contribution in [0.3, 0.4) is 0 Å². The first-order valence-electron chi connectivity index (χ1n) is 6.61. The average molecular weight is 229 g/mol. The van der Waals surface area contributed by atoms with Crippen LogP contribution in [0, 0.1) is 11.8 Å². The van der Waals surface area contributed by atoms with E-state index in [2.05, 4.69) is 19.2 Å². The first kappa shape index (κ1) is 13.9. The lowest BCUT2D eigenvalue weighted by atomic mass is 9.80. The molecule has 0 saturated heterocycles. The van der Waals surface area contributed by atoms with E-state index in [4.69, 9.17) is 4.74 Å².